The first-order valence-corrected chi connectivity index (χ1v) is 8.32. The molecule has 0 saturated carbocycles. The van der Waals surface area contributed by atoms with Crippen LogP contribution in [0.5, 0.6) is 0 Å². The number of unbranched alkanes of at least 4 members (excludes halogenated alkanes) is 1. The fourth-order valence-electron chi connectivity index (χ4n) is 2.09. The Morgan fingerprint density at radius 3 is 2.50 bits per heavy atom. The molecule has 0 aliphatic rings. The third-order valence-electron chi connectivity index (χ3n) is 3.54. The van der Waals surface area contributed by atoms with E-state index in [1.54, 1.807) is 4.90 Å². The third kappa shape index (κ3) is 7.97. The van der Waals surface area contributed by atoms with Gasteiger partial charge in [0.05, 0.1) is 6.61 Å². The first-order chi connectivity index (χ1) is 11.5. The lowest BCUT2D eigenvalue weighted by Gasteiger charge is -2.22. The number of hydrogen-bond donors (Lipinski definition) is 1. The Bertz CT molecular complexity index is 491. The highest BCUT2D eigenvalue weighted by atomic mass is 16.5. The Balaban J connectivity index is 2.28. The summed E-state index contributed by atoms with van der Waals surface area (Å²) in [7, 11) is 3.64. The molecular formula is C18H28N2O4. The highest BCUT2D eigenvalue weighted by Gasteiger charge is 2.22. The molecule has 0 saturated heterocycles. The molecule has 1 aromatic carbocycles. The van der Waals surface area contributed by atoms with Crippen LogP contribution in [0.25, 0.3) is 0 Å². The van der Waals surface area contributed by atoms with Gasteiger partial charge in [-0.15, -0.1) is 0 Å². The van der Waals surface area contributed by atoms with Gasteiger partial charge in [0, 0.05) is 6.54 Å². The Labute approximate surface area is 144 Å². The van der Waals surface area contributed by atoms with Crippen molar-refractivity contribution in [2.24, 2.45) is 0 Å². The molecule has 0 aliphatic carbocycles. The summed E-state index contributed by atoms with van der Waals surface area (Å²) < 4.78 is 10.4. The van der Waals surface area contributed by atoms with Crippen LogP contribution in [0.4, 0.5) is 4.79 Å². The zero-order chi connectivity index (χ0) is 17.8. The van der Waals surface area contributed by atoms with Gasteiger partial charge in [-0.05, 0) is 32.5 Å². The van der Waals surface area contributed by atoms with Crippen LogP contribution >= 0.6 is 0 Å². The second kappa shape index (κ2) is 11.5. The average Bonchev–Trinajstić information content (AvgIpc) is 2.57. The number of hydrogen-bond acceptors (Lipinski definition) is 5. The minimum Gasteiger partial charge on any atom is -0.465 e. The number of likely N-dealkylation sites (N-methyl/N-ethyl adjacent to an activating group) is 1. The van der Waals surface area contributed by atoms with Crippen molar-refractivity contribution in [2.45, 2.75) is 38.8 Å². The van der Waals surface area contributed by atoms with Crippen LogP contribution < -0.4 is 5.32 Å². The zero-order valence-electron chi connectivity index (χ0n) is 14.8. The van der Waals surface area contributed by atoms with Gasteiger partial charge in [-0.3, -0.25) is 9.69 Å². The van der Waals surface area contributed by atoms with Crippen molar-refractivity contribution in [1.29, 1.82) is 0 Å². The van der Waals surface area contributed by atoms with Gasteiger partial charge in [-0.1, -0.05) is 43.7 Å². The maximum Gasteiger partial charge on any atom is 0.407 e. The van der Waals surface area contributed by atoms with Crippen LogP contribution in [0.2, 0.25) is 0 Å². The summed E-state index contributed by atoms with van der Waals surface area (Å²) >= 11 is 0. The van der Waals surface area contributed by atoms with Gasteiger partial charge in [0.15, 0.2) is 0 Å². The summed E-state index contributed by atoms with van der Waals surface area (Å²) in [6.45, 7) is 3.05. The highest BCUT2D eigenvalue weighted by Crippen LogP contribution is 2.04. The molecule has 0 aromatic heterocycles. The molecule has 1 aromatic rings. The largest absolute Gasteiger partial charge is 0.465 e. The van der Waals surface area contributed by atoms with Crippen molar-refractivity contribution >= 4 is 12.1 Å². The molecule has 0 fully saturated rings. The smallest absolute Gasteiger partial charge is 0.407 e. The number of nitrogens with zero attached hydrogens (tertiary/aromatic N) is 1. The summed E-state index contributed by atoms with van der Waals surface area (Å²) in [6.07, 6.45) is 1.82. The van der Waals surface area contributed by atoms with Crippen molar-refractivity contribution in [3.05, 3.63) is 35.9 Å². The van der Waals surface area contributed by atoms with Gasteiger partial charge in [-0.25, -0.2) is 4.79 Å². The molecular weight excluding hydrogens is 308 g/mol. The molecule has 1 atom stereocenters. The van der Waals surface area contributed by atoms with Gasteiger partial charge in [0.1, 0.15) is 12.6 Å². The number of rotatable bonds is 10. The molecule has 0 aliphatic heterocycles. The normalized spacial score (nSPS) is 11.8. The van der Waals surface area contributed by atoms with E-state index in [2.05, 4.69) is 5.32 Å². The fourth-order valence-corrected chi connectivity index (χ4v) is 2.09. The van der Waals surface area contributed by atoms with E-state index in [1.165, 1.54) is 0 Å². The monoisotopic (exact) mass is 336 g/mol. The van der Waals surface area contributed by atoms with Gasteiger partial charge in [-0.2, -0.15) is 0 Å². The molecule has 1 rings (SSSR count). The number of nitrogens with one attached hydrogen (secondary N) is 1. The van der Waals surface area contributed by atoms with Crippen LogP contribution in [0, 0.1) is 0 Å². The van der Waals surface area contributed by atoms with E-state index in [9.17, 15) is 9.59 Å². The van der Waals surface area contributed by atoms with Crippen LogP contribution in [0.15, 0.2) is 30.3 Å². The molecule has 0 heterocycles. The van der Waals surface area contributed by atoms with Gasteiger partial charge in [0.25, 0.3) is 0 Å². The van der Waals surface area contributed by atoms with Crippen molar-refractivity contribution in [2.75, 3.05) is 27.2 Å². The number of carbonyl (C=O) groups excluding carboxylic acids is 2. The summed E-state index contributed by atoms with van der Waals surface area (Å²) in [5, 5.41) is 2.66. The Kier molecular flexibility index (Phi) is 9.53. The van der Waals surface area contributed by atoms with Crippen molar-refractivity contribution < 1.29 is 19.1 Å². The lowest BCUT2D eigenvalue weighted by molar-refractivity contribution is -0.149. The first-order valence-electron chi connectivity index (χ1n) is 8.32. The number of ether oxygens (including phenoxy) is 2. The summed E-state index contributed by atoms with van der Waals surface area (Å²) in [5.74, 6) is -0.257. The maximum absolute atomic E-state index is 12.0. The lowest BCUT2D eigenvalue weighted by Crippen LogP contribution is -2.40. The first kappa shape index (κ1) is 20.0. The predicted octanol–water partition coefficient (Wildman–Crippen LogP) is 2.58. The van der Waals surface area contributed by atoms with E-state index >= 15 is 0 Å². The molecule has 1 amide bonds. The van der Waals surface area contributed by atoms with Crippen LogP contribution in [-0.4, -0.2) is 50.3 Å². The van der Waals surface area contributed by atoms with Crippen LogP contribution in [0.3, 0.4) is 0 Å². The molecule has 0 spiro atoms. The van der Waals surface area contributed by atoms with Gasteiger partial charge in [0.2, 0.25) is 0 Å². The maximum atomic E-state index is 12.0. The molecule has 0 bridgehead atoms. The third-order valence-corrected chi connectivity index (χ3v) is 3.54. The second-order valence-electron chi connectivity index (χ2n) is 5.78. The van der Waals surface area contributed by atoms with Crippen molar-refractivity contribution in [3.8, 4) is 0 Å². The van der Waals surface area contributed by atoms with E-state index in [0.29, 0.717) is 19.6 Å². The van der Waals surface area contributed by atoms with Crippen molar-refractivity contribution in [1.82, 2.24) is 10.2 Å². The summed E-state index contributed by atoms with van der Waals surface area (Å²) in [5.41, 5.74) is 0.929. The zero-order valence-corrected chi connectivity index (χ0v) is 14.8. The molecule has 0 radical (unpaired) electrons. The van der Waals surface area contributed by atoms with E-state index < -0.39 is 6.09 Å². The molecule has 6 nitrogen and oxygen atoms in total. The number of esters is 1. The number of amides is 1. The van der Waals surface area contributed by atoms with Gasteiger partial charge < -0.3 is 14.8 Å². The highest BCUT2D eigenvalue weighted by molar-refractivity contribution is 5.75. The number of alkyl carbamates (subject to hydrolysis) is 1. The van der Waals surface area contributed by atoms with E-state index in [-0.39, 0.29) is 18.6 Å². The number of benzene rings is 1. The standard InChI is InChI=1S/C18H28N2O4/c1-4-5-13-23-17(21)16(20(2)3)11-12-19-18(22)24-14-15-9-7-6-8-10-15/h6-10,16H,4-5,11-14H2,1-3H3,(H,19,22)/t16-/m1/s1. The second-order valence-corrected chi connectivity index (χ2v) is 5.78. The number of carbonyl (C=O) groups is 2. The fraction of sp³-hybridized carbons (Fsp3) is 0.556. The van der Waals surface area contributed by atoms with Crippen LogP contribution in [-0.2, 0) is 20.9 Å². The average molecular weight is 336 g/mol. The van der Waals surface area contributed by atoms with E-state index in [0.717, 1.165) is 18.4 Å². The summed E-state index contributed by atoms with van der Waals surface area (Å²) in [6, 6.07) is 9.09. The van der Waals surface area contributed by atoms with E-state index in [1.807, 2.05) is 51.4 Å². The Morgan fingerprint density at radius 2 is 1.88 bits per heavy atom. The Hall–Kier alpha value is -2.08. The van der Waals surface area contributed by atoms with Crippen molar-refractivity contribution in [3.63, 3.8) is 0 Å². The SMILES string of the molecule is CCCCOC(=O)[C@@H](CCNC(=O)OCc1ccccc1)N(C)C. The minimum atomic E-state index is -0.490. The molecule has 134 valence electrons. The Morgan fingerprint density at radius 1 is 1.17 bits per heavy atom. The molecule has 24 heavy (non-hydrogen) atoms. The minimum absolute atomic E-state index is 0.225. The molecule has 6 heteroatoms. The quantitative estimate of drug-likeness (QED) is 0.525. The summed E-state index contributed by atoms with van der Waals surface area (Å²) in [4.78, 5) is 25.5. The topological polar surface area (TPSA) is 67.9 Å². The van der Waals surface area contributed by atoms with E-state index in [4.69, 9.17) is 9.47 Å². The predicted molar refractivity (Wildman–Crippen MR) is 92.6 cm³/mol. The lowest BCUT2D eigenvalue weighted by atomic mass is 10.2. The van der Waals surface area contributed by atoms with Gasteiger partial charge >= 0.3 is 12.1 Å². The molecule has 0 unspecified atom stereocenters. The molecule has 1 N–H and O–H groups in total. The van der Waals surface area contributed by atoms with Crippen LogP contribution in [0.1, 0.15) is 31.7 Å².